The number of hydrogen-bond donors (Lipinski definition) is 2. The van der Waals surface area contributed by atoms with Gasteiger partial charge in [-0.15, -0.1) is 12.3 Å². The summed E-state index contributed by atoms with van der Waals surface area (Å²) < 4.78 is 12.5. The van der Waals surface area contributed by atoms with Crippen LogP contribution in [-0.4, -0.2) is 86.0 Å². The Hall–Kier alpha value is -4.16. The molecule has 0 aromatic heterocycles. The predicted octanol–water partition coefficient (Wildman–Crippen LogP) is 7.45. The molecule has 2 atom stereocenters. The van der Waals surface area contributed by atoms with Gasteiger partial charge in [0, 0.05) is 73.1 Å². The van der Waals surface area contributed by atoms with Gasteiger partial charge in [-0.2, -0.15) is 0 Å². The van der Waals surface area contributed by atoms with Gasteiger partial charge < -0.3 is 20.9 Å². The summed E-state index contributed by atoms with van der Waals surface area (Å²) in [4.78, 5) is 24.9. The lowest BCUT2D eigenvalue weighted by atomic mass is 9.61. The third kappa shape index (κ3) is 6.75. The first kappa shape index (κ1) is 40.9. The number of hydrogen-bond acceptors (Lipinski definition) is 10. The summed E-state index contributed by atoms with van der Waals surface area (Å²) in [6.45, 7) is 3.58. The van der Waals surface area contributed by atoms with E-state index in [1.165, 1.54) is 47.9 Å². The molecule has 11 heteroatoms. The highest BCUT2D eigenvalue weighted by atomic mass is 79.9. The molecule has 61 heavy (non-hydrogen) atoms. The molecule has 4 heterocycles. The van der Waals surface area contributed by atoms with Crippen LogP contribution in [0.15, 0.2) is 60.8 Å². The van der Waals surface area contributed by atoms with Gasteiger partial charge in [-0.25, -0.2) is 9.98 Å². The van der Waals surface area contributed by atoms with Gasteiger partial charge in [-0.3, -0.25) is 19.8 Å². The minimum absolute atomic E-state index is 0.0302. The molecule has 2 aromatic rings. The van der Waals surface area contributed by atoms with Crippen molar-refractivity contribution in [3.63, 3.8) is 0 Å². The topological polar surface area (TPSA) is 126 Å². The minimum Gasteiger partial charge on any atom is -0.381 e. The molecule has 10 nitrogen and oxygen atoms in total. The van der Waals surface area contributed by atoms with Crippen molar-refractivity contribution >= 4 is 39.5 Å². The maximum absolute atomic E-state index is 6.53. The smallest absolute Gasteiger partial charge is 0.198 e. The van der Waals surface area contributed by atoms with Crippen LogP contribution in [0.25, 0.3) is 0 Å². The quantitative estimate of drug-likeness (QED) is 0.302. The second kappa shape index (κ2) is 15.9. The number of methoxy groups -OCH3 is 2. The number of nitrogens with two attached hydrogens (primary N) is 2. The Labute approximate surface area is 370 Å². The summed E-state index contributed by atoms with van der Waals surface area (Å²) in [6, 6.07) is 13.5. The van der Waals surface area contributed by atoms with E-state index < -0.39 is 11.1 Å². The van der Waals surface area contributed by atoms with Gasteiger partial charge in [0.1, 0.15) is 11.7 Å². The molecule has 4 N–H and O–H groups in total. The van der Waals surface area contributed by atoms with Gasteiger partial charge in [0.15, 0.2) is 23.0 Å². The van der Waals surface area contributed by atoms with E-state index >= 15 is 0 Å². The average Bonchev–Trinajstić information content (AvgIpc) is 4.23. The fraction of sp³-hybridized carbons (Fsp3) is 0.600. The number of nitrogens with zero attached hydrogens (tertiary/aromatic N) is 6. The maximum atomic E-state index is 6.53. The Bertz CT molecular complexity index is 2290. The number of halogens is 1. The number of ether oxygens (including phenoxy) is 2. The molecule has 4 spiro atoms. The lowest BCUT2D eigenvalue weighted by Crippen LogP contribution is -2.53. The average molecular weight is 886 g/mol. The van der Waals surface area contributed by atoms with Crippen LogP contribution in [-0.2, 0) is 33.4 Å². The van der Waals surface area contributed by atoms with Gasteiger partial charge in [-0.05, 0) is 149 Å². The van der Waals surface area contributed by atoms with E-state index in [9.17, 15) is 0 Å². The van der Waals surface area contributed by atoms with E-state index in [-0.39, 0.29) is 10.8 Å². The van der Waals surface area contributed by atoms with Crippen LogP contribution in [0.1, 0.15) is 118 Å². The summed E-state index contributed by atoms with van der Waals surface area (Å²) >= 11 is 3.68. The molecule has 0 saturated heterocycles. The zero-order valence-electron chi connectivity index (χ0n) is 36.0. The van der Waals surface area contributed by atoms with E-state index in [0.717, 1.165) is 125 Å². The number of guanidine groups is 2. The van der Waals surface area contributed by atoms with E-state index in [4.69, 9.17) is 47.3 Å². The molecule has 2 unspecified atom stereocenters. The first-order valence-electron chi connectivity index (χ1n) is 23.0. The summed E-state index contributed by atoms with van der Waals surface area (Å²) in [7, 11) is 3.67. The predicted molar refractivity (Wildman–Crippen MR) is 246 cm³/mol. The van der Waals surface area contributed by atoms with Crippen LogP contribution in [0, 0.1) is 46.9 Å². The number of terminal acetylenes is 1. The largest absolute Gasteiger partial charge is 0.381 e. The highest BCUT2D eigenvalue weighted by Crippen LogP contribution is 2.64. The van der Waals surface area contributed by atoms with Gasteiger partial charge in [-0.1, -0.05) is 39.9 Å². The number of fused-ring (bicyclic) bond motifs is 10. The molecule has 4 aliphatic heterocycles. The summed E-state index contributed by atoms with van der Waals surface area (Å²) in [5.74, 6) is 14.2. The number of aliphatic imine (C=N–C) groups is 4. The summed E-state index contributed by atoms with van der Waals surface area (Å²) in [5, 5.41) is 0. The number of benzene rings is 2. The maximum Gasteiger partial charge on any atom is 0.198 e. The highest BCUT2D eigenvalue weighted by molar-refractivity contribution is 9.10. The molecule has 0 amide bonds. The van der Waals surface area contributed by atoms with Crippen molar-refractivity contribution < 1.29 is 9.47 Å². The normalized spacial score (nSPS) is 33.7. The molecule has 6 aliphatic carbocycles. The molecular weight excluding hydrogens is 825 g/mol. The van der Waals surface area contributed by atoms with Gasteiger partial charge in [0.05, 0.1) is 12.2 Å². The van der Waals surface area contributed by atoms with Crippen LogP contribution in [0.3, 0.4) is 0 Å². The summed E-state index contributed by atoms with van der Waals surface area (Å²) in [6.07, 6.45) is 23.6. The standard InChI is InChI=1S/C25H30N4O.C20H25BrN4O.C5H6/c1-30-20-9-11-24(12-10-20)16-19-8-7-18(6-5-17-3-4-17)15-21(19)25(24)22-27-13-2-14-29(22)23(26)28-25;1-26-15-5-7-19(8-6-15)12-13-3-4-14(21)11-16(13)20(19)17-23-9-2-10-25(17)18(22)24-20;1-2-5-3-4-5/h7-8,15,17,20H,2-4,9-14,16H2,1H3,(H2,26,28);3-4,11,15H,2,5-10,12H2,1H3,(H2,22,24);1,5H,3-4H2. The van der Waals surface area contributed by atoms with Crippen LogP contribution >= 0.6 is 15.9 Å². The van der Waals surface area contributed by atoms with E-state index in [0.29, 0.717) is 36.0 Å². The van der Waals surface area contributed by atoms with E-state index in [1.54, 1.807) is 0 Å². The van der Waals surface area contributed by atoms with Crippen molar-refractivity contribution in [3.8, 4) is 24.2 Å². The van der Waals surface area contributed by atoms with E-state index in [2.05, 4.69) is 79.9 Å². The van der Waals surface area contributed by atoms with E-state index in [1.807, 2.05) is 14.2 Å². The number of amidine groups is 2. The SMILES string of the molecule is C#CC1CC1.COC1CCC2(CC1)Cc1ccc(Br)cc1C21N=C(N)N2CCCN=C21.COC1CCC2(CC1)Cc1ccc(C#CC3CC3)cc1C21N=C(N)N2CCCN=C21. The molecule has 0 bridgehead atoms. The van der Waals surface area contributed by atoms with Crippen molar-refractivity contribution in [2.75, 3.05) is 40.4 Å². The van der Waals surface area contributed by atoms with Crippen LogP contribution in [0.2, 0.25) is 0 Å². The second-order valence-electron chi connectivity index (χ2n) is 19.2. The fourth-order valence-electron chi connectivity index (χ4n) is 12.2. The Morgan fingerprint density at radius 1 is 0.689 bits per heavy atom. The third-order valence-corrected chi connectivity index (χ3v) is 16.2. The van der Waals surface area contributed by atoms with Crippen LogP contribution in [0.5, 0.6) is 0 Å². The zero-order chi connectivity index (χ0) is 42.0. The molecule has 12 rings (SSSR count). The van der Waals surface area contributed by atoms with Gasteiger partial charge >= 0.3 is 0 Å². The third-order valence-electron chi connectivity index (χ3n) is 15.7. The number of rotatable bonds is 2. The van der Waals surface area contributed by atoms with Crippen molar-refractivity contribution in [3.05, 3.63) is 68.7 Å². The monoisotopic (exact) mass is 884 g/mol. The molecule has 320 valence electrons. The minimum atomic E-state index is -0.456. The fourth-order valence-corrected chi connectivity index (χ4v) is 12.5. The van der Waals surface area contributed by atoms with Crippen molar-refractivity contribution in [2.45, 2.75) is 126 Å². The Morgan fingerprint density at radius 3 is 1.64 bits per heavy atom. The van der Waals surface area contributed by atoms with Crippen molar-refractivity contribution in [1.82, 2.24) is 9.80 Å². The Morgan fingerprint density at radius 2 is 1.18 bits per heavy atom. The van der Waals surface area contributed by atoms with Crippen LogP contribution < -0.4 is 11.5 Å². The second-order valence-corrected chi connectivity index (χ2v) is 20.1. The molecule has 0 radical (unpaired) electrons. The Balaban J connectivity index is 0.000000132. The zero-order valence-corrected chi connectivity index (χ0v) is 37.6. The lowest BCUT2D eigenvalue weighted by Gasteiger charge is -2.47. The first-order chi connectivity index (χ1) is 29.7. The molecule has 4 fully saturated rings. The van der Waals surface area contributed by atoms with Crippen molar-refractivity contribution in [1.29, 1.82) is 0 Å². The molecule has 4 saturated carbocycles. The van der Waals surface area contributed by atoms with Crippen molar-refractivity contribution in [2.24, 2.45) is 54.1 Å². The molecular formula is C50H61BrN8O2. The van der Waals surface area contributed by atoms with Crippen LogP contribution in [0.4, 0.5) is 0 Å². The first-order valence-corrected chi connectivity index (χ1v) is 23.8. The molecule has 10 aliphatic rings. The molecule has 2 aromatic carbocycles. The lowest BCUT2D eigenvalue weighted by molar-refractivity contribution is 0.0113. The summed E-state index contributed by atoms with van der Waals surface area (Å²) in [5.41, 5.74) is 18.7. The Kier molecular flexibility index (Phi) is 10.6. The van der Waals surface area contributed by atoms with Gasteiger partial charge in [0.25, 0.3) is 0 Å². The highest BCUT2D eigenvalue weighted by Gasteiger charge is 2.67. The van der Waals surface area contributed by atoms with Gasteiger partial charge in [0.2, 0.25) is 0 Å².